The summed E-state index contributed by atoms with van der Waals surface area (Å²) >= 11 is 0. The molecular formula is C27H34ClN5O4. The number of nitrogens with zero attached hydrogens (tertiary/aromatic N) is 4. The number of nitrogen functional groups attached to an aromatic ring is 1. The summed E-state index contributed by atoms with van der Waals surface area (Å²) in [7, 11) is 1.62. The van der Waals surface area contributed by atoms with Gasteiger partial charge < -0.3 is 34.6 Å². The second-order valence-electron chi connectivity index (χ2n) is 9.07. The maximum Gasteiger partial charge on any atom is 0.320 e. The van der Waals surface area contributed by atoms with Crippen LogP contribution in [0.2, 0.25) is 0 Å². The van der Waals surface area contributed by atoms with Crippen molar-refractivity contribution >= 4 is 40.8 Å². The highest BCUT2D eigenvalue weighted by Crippen LogP contribution is 2.36. The lowest BCUT2D eigenvalue weighted by Crippen LogP contribution is -2.49. The van der Waals surface area contributed by atoms with Gasteiger partial charge in [0.2, 0.25) is 0 Å². The molecule has 37 heavy (non-hydrogen) atoms. The van der Waals surface area contributed by atoms with Crippen LogP contribution in [0.3, 0.4) is 0 Å². The van der Waals surface area contributed by atoms with Crippen molar-refractivity contribution < 1.29 is 19.0 Å². The number of carbonyl (C=O) groups excluding carboxylic acids is 1. The Morgan fingerprint density at radius 3 is 2.49 bits per heavy atom. The van der Waals surface area contributed by atoms with E-state index in [0.29, 0.717) is 63.2 Å². The lowest BCUT2D eigenvalue weighted by atomic mass is 10.1. The van der Waals surface area contributed by atoms with Crippen LogP contribution in [0, 0.1) is 0 Å². The first-order valence-corrected chi connectivity index (χ1v) is 12.4. The van der Waals surface area contributed by atoms with E-state index in [2.05, 4.69) is 4.90 Å². The number of anilines is 2. The summed E-state index contributed by atoms with van der Waals surface area (Å²) in [5.74, 6) is 2.04. The van der Waals surface area contributed by atoms with Gasteiger partial charge in [0.15, 0.2) is 11.5 Å². The van der Waals surface area contributed by atoms with Crippen LogP contribution in [-0.4, -0.2) is 80.4 Å². The molecule has 0 radical (unpaired) electrons. The molecule has 3 heterocycles. The van der Waals surface area contributed by atoms with E-state index in [4.69, 9.17) is 24.9 Å². The predicted octanol–water partition coefficient (Wildman–Crippen LogP) is 3.79. The van der Waals surface area contributed by atoms with Gasteiger partial charge in [0.05, 0.1) is 25.8 Å². The maximum absolute atomic E-state index is 12.9. The summed E-state index contributed by atoms with van der Waals surface area (Å²) < 4.78 is 17.0. The number of hydrogen-bond acceptors (Lipinski definition) is 7. The Balaban J connectivity index is 0.00000320. The van der Waals surface area contributed by atoms with Gasteiger partial charge >= 0.3 is 6.03 Å². The van der Waals surface area contributed by atoms with Gasteiger partial charge in [0, 0.05) is 62.5 Å². The molecule has 2 aliphatic heterocycles. The molecule has 9 nitrogen and oxygen atoms in total. The third-order valence-electron chi connectivity index (χ3n) is 6.72. The molecule has 5 rings (SSSR count). The summed E-state index contributed by atoms with van der Waals surface area (Å²) in [4.78, 5) is 23.9. The van der Waals surface area contributed by atoms with Crippen LogP contribution in [0.15, 0.2) is 48.5 Å². The third-order valence-corrected chi connectivity index (χ3v) is 6.72. The van der Waals surface area contributed by atoms with Crippen molar-refractivity contribution in [3.63, 3.8) is 0 Å². The van der Waals surface area contributed by atoms with Gasteiger partial charge in [-0.1, -0.05) is 30.3 Å². The molecule has 1 aromatic heterocycles. The highest BCUT2D eigenvalue weighted by molar-refractivity contribution is 5.94. The average molecular weight is 528 g/mol. The number of urea groups is 1. The number of halogens is 1. The highest BCUT2D eigenvalue weighted by Gasteiger charge is 2.25. The number of aromatic nitrogens is 1. The smallest absolute Gasteiger partial charge is 0.320 e. The fourth-order valence-corrected chi connectivity index (χ4v) is 4.71. The SMILES string of the molecule is COc1cc2nc(N3CCCN(C(=O)N4CCOCC4)CC3)cc(N)c2cc1OCc1ccccc1.Cl. The first-order valence-electron chi connectivity index (χ1n) is 12.4. The molecule has 0 aliphatic carbocycles. The summed E-state index contributed by atoms with van der Waals surface area (Å²) in [6.07, 6.45) is 0.866. The van der Waals surface area contributed by atoms with E-state index in [1.807, 2.05) is 58.3 Å². The van der Waals surface area contributed by atoms with Crippen LogP contribution >= 0.6 is 12.4 Å². The Hall–Kier alpha value is -3.43. The fraction of sp³-hybridized carbons (Fsp3) is 0.407. The quantitative estimate of drug-likeness (QED) is 0.539. The summed E-state index contributed by atoms with van der Waals surface area (Å²) in [6, 6.07) is 15.8. The Morgan fingerprint density at radius 1 is 0.973 bits per heavy atom. The van der Waals surface area contributed by atoms with Crippen LogP contribution in [0.5, 0.6) is 11.5 Å². The number of amides is 2. The van der Waals surface area contributed by atoms with Gasteiger partial charge in [0.25, 0.3) is 0 Å². The van der Waals surface area contributed by atoms with E-state index in [-0.39, 0.29) is 18.4 Å². The van der Waals surface area contributed by atoms with E-state index in [0.717, 1.165) is 41.8 Å². The molecule has 0 unspecified atom stereocenters. The van der Waals surface area contributed by atoms with E-state index in [1.165, 1.54) is 0 Å². The summed E-state index contributed by atoms with van der Waals surface area (Å²) in [6.45, 7) is 5.83. The molecule has 2 aromatic carbocycles. The van der Waals surface area contributed by atoms with Gasteiger partial charge in [-0.25, -0.2) is 9.78 Å². The molecule has 2 aliphatic rings. The molecule has 0 atom stereocenters. The fourth-order valence-electron chi connectivity index (χ4n) is 4.71. The number of rotatable bonds is 5. The lowest BCUT2D eigenvalue weighted by molar-refractivity contribution is 0.0438. The number of morpholine rings is 1. The Morgan fingerprint density at radius 2 is 1.73 bits per heavy atom. The number of fused-ring (bicyclic) bond motifs is 1. The third kappa shape index (κ3) is 6.11. The molecule has 0 saturated carbocycles. The minimum Gasteiger partial charge on any atom is -0.493 e. The van der Waals surface area contributed by atoms with Crippen molar-refractivity contribution in [1.82, 2.24) is 14.8 Å². The predicted molar refractivity (Wildman–Crippen MR) is 147 cm³/mol. The van der Waals surface area contributed by atoms with E-state index < -0.39 is 0 Å². The zero-order chi connectivity index (χ0) is 24.9. The van der Waals surface area contributed by atoms with Crippen molar-refractivity contribution in [2.75, 3.05) is 70.2 Å². The maximum atomic E-state index is 12.9. The minimum absolute atomic E-state index is 0. The normalized spacial score (nSPS) is 16.2. The monoisotopic (exact) mass is 527 g/mol. The van der Waals surface area contributed by atoms with E-state index in [9.17, 15) is 4.79 Å². The minimum atomic E-state index is 0. The second kappa shape index (κ2) is 12.2. The molecular weight excluding hydrogens is 494 g/mol. The highest BCUT2D eigenvalue weighted by atomic mass is 35.5. The van der Waals surface area contributed by atoms with Crippen LogP contribution < -0.4 is 20.1 Å². The second-order valence-corrected chi connectivity index (χ2v) is 9.07. The number of carbonyl (C=O) groups is 1. The zero-order valence-corrected chi connectivity index (χ0v) is 21.9. The molecule has 2 saturated heterocycles. The molecule has 10 heteroatoms. The molecule has 2 amide bonds. The van der Waals surface area contributed by atoms with Crippen molar-refractivity contribution in [2.45, 2.75) is 13.0 Å². The van der Waals surface area contributed by atoms with E-state index >= 15 is 0 Å². The van der Waals surface area contributed by atoms with E-state index in [1.54, 1.807) is 7.11 Å². The molecule has 198 valence electrons. The van der Waals surface area contributed by atoms with Crippen LogP contribution in [0.4, 0.5) is 16.3 Å². The molecule has 0 spiro atoms. The van der Waals surface area contributed by atoms with Crippen LogP contribution in [-0.2, 0) is 11.3 Å². The Labute approximate surface area is 223 Å². The average Bonchev–Trinajstić information content (AvgIpc) is 3.18. The largest absolute Gasteiger partial charge is 0.493 e. The number of benzene rings is 2. The van der Waals surface area contributed by atoms with Crippen molar-refractivity contribution in [3.05, 3.63) is 54.1 Å². The summed E-state index contributed by atoms with van der Waals surface area (Å²) in [5, 5.41) is 0.821. The number of pyridine rings is 1. The first kappa shape index (κ1) is 26.6. The van der Waals surface area contributed by atoms with Gasteiger partial charge in [0.1, 0.15) is 12.4 Å². The first-order chi connectivity index (χ1) is 17.6. The number of methoxy groups -OCH3 is 1. The topological polar surface area (TPSA) is 93.4 Å². The number of nitrogens with two attached hydrogens (primary N) is 1. The standard InChI is InChI=1S/C27H33N5O4.ClH/c1-34-24-18-23-21(16-25(24)36-19-20-6-3-2-4-7-20)22(28)17-26(29-23)30-8-5-9-31(11-10-30)27(33)32-12-14-35-15-13-32;/h2-4,6-7,16-18H,5,8-15,19H2,1H3,(H2,28,29);1H. The zero-order valence-electron chi connectivity index (χ0n) is 21.1. The number of hydrogen-bond donors (Lipinski definition) is 1. The lowest BCUT2D eigenvalue weighted by Gasteiger charge is -2.32. The van der Waals surface area contributed by atoms with Gasteiger partial charge in [-0.15, -0.1) is 12.4 Å². The van der Waals surface area contributed by atoms with Crippen LogP contribution in [0.25, 0.3) is 10.9 Å². The Kier molecular flexibility index (Phi) is 8.78. The molecule has 3 aromatic rings. The van der Waals surface area contributed by atoms with Crippen molar-refractivity contribution in [3.8, 4) is 11.5 Å². The van der Waals surface area contributed by atoms with Crippen molar-refractivity contribution in [2.24, 2.45) is 0 Å². The Bertz CT molecular complexity index is 1210. The van der Waals surface area contributed by atoms with Gasteiger partial charge in [-0.2, -0.15) is 0 Å². The molecule has 2 N–H and O–H groups in total. The van der Waals surface area contributed by atoms with Crippen LogP contribution in [0.1, 0.15) is 12.0 Å². The van der Waals surface area contributed by atoms with Crippen molar-refractivity contribution in [1.29, 1.82) is 0 Å². The summed E-state index contributed by atoms with van der Waals surface area (Å²) in [5.41, 5.74) is 8.95. The van der Waals surface area contributed by atoms with Gasteiger partial charge in [-0.3, -0.25) is 0 Å². The molecule has 2 fully saturated rings. The van der Waals surface area contributed by atoms with Gasteiger partial charge in [-0.05, 0) is 18.1 Å². The molecule has 0 bridgehead atoms. The number of ether oxygens (including phenoxy) is 3.